The Bertz CT molecular complexity index is 293. The van der Waals surface area contributed by atoms with Crippen LogP contribution in [0, 0.1) is 0 Å². The molecular formula is C9H10N2O. The topological polar surface area (TPSA) is 55.1 Å². The van der Waals surface area contributed by atoms with E-state index in [4.69, 9.17) is 5.73 Å². The first kappa shape index (κ1) is 8.33. The first-order valence-electron chi connectivity index (χ1n) is 3.51. The number of hydrogen-bond acceptors (Lipinski definition) is 2. The first-order valence-corrected chi connectivity index (χ1v) is 3.51. The highest BCUT2D eigenvalue weighted by Gasteiger charge is 2.02. The molecule has 3 N–H and O–H groups in total. The Morgan fingerprint density at radius 3 is 2.42 bits per heavy atom. The molecule has 0 aliphatic rings. The Morgan fingerprint density at radius 2 is 1.92 bits per heavy atom. The summed E-state index contributed by atoms with van der Waals surface area (Å²) in [5.74, 6) is -0.0769. The van der Waals surface area contributed by atoms with Crippen molar-refractivity contribution in [2.24, 2.45) is 5.73 Å². The van der Waals surface area contributed by atoms with Gasteiger partial charge in [0.15, 0.2) is 0 Å². The normalized spacial score (nSPS) is 9.00. The Balaban J connectivity index is 2.73. The molecular weight excluding hydrogens is 152 g/mol. The minimum absolute atomic E-state index is 0.156. The monoisotopic (exact) mass is 162 g/mol. The zero-order valence-electron chi connectivity index (χ0n) is 6.58. The van der Waals surface area contributed by atoms with E-state index in [0.717, 1.165) is 0 Å². The molecule has 1 amide bonds. The van der Waals surface area contributed by atoms with Crippen LogP contribution in [0.2, 0.25) is 0 Å². The standard InChI is InChI=1S/C9H10N2O/c1-7(10)11-9(12)8-5-3-2-4-6-8/h2-6H,1,10H2,(H,11,12). The summed E-state index contributed by atoms with van der Waals surface area (Å²) in [5.41, 5.74) is 5.78. The Labute approximate surface area is 70.9 Å². The highest BCUT2D eigenvalue weighted by molar-refractivity contribution is 5.95. The van der Waals surface area contributed by atoms with Crippen LogP contribution in [0.25, 0.3) is 0 Å². The lowest BCUT2D eigenvalue weighted by Crippen LogP contribution is -2.26. The van der Waals surface area contributed by atoms with Crippen LogP contribution in [0.15, 0.2) is 42.7 Å². The number of rotatable bonds is 2. The molecule has 0 heterocycles. The van der Waals surface area contributed by atoms with Crippen LogP contribution in [-0.4, -0.2) is 5.91 Å². The van der Waals surface area contributed by atoms with Crippen molar-refractivity contribution >= 4 is 5.91 Å². The molecule has 0 aliphatic carbocycles. The molecule has 0 bridgehead atoms. The molecule has 1 rings (SSSR count). The van der Waals surface area contributed by atoms with Crippen molar-refractivity contribution in [1.29, 1.82) is 0 Å². The fourth-order valence-electron chi connectivity index (χ4n) is 0.808. The summed E-state index contributed by atoms with van der Waals surface area (Å²) < 4.78 is 0. The predicted octanol–water partition coefficient (Wildman–Crippen LogP) is 0.846. The second-order valence-corrected chi connectivity index (χ2v) is 2.35. The third kappa shape index (κ3) is 2.12. The van der Waals surface area contributed by atoms with Crippen LogP contribution >= 0.6 is 0 Å². The number of carbonyl (C=O) groups is 1. The molecule has 0 spiro atoms. The van der Waals surface area contributed by atoms with Crippen LogP contribution in [0.1, 0.15) is 10.4 Å². The van der Waals surface area contributed by atoms with Crippen molar-refractivity contribution in [1.82, 2.24) is 5.32 Å². The molecule has 3 heteroatoms. The highest BCUT2D eigenvalue weighted by atomic mass is 16.1. The van der Waals surface area contributed by atoms with Crippen molar-refractivity contribution in [3.8, 4) is 0 Å². The average molecular weight is 162 g/mol. The van der Waals surface area contributed by atoms with E-state index in [2.05, 4.69) is 11.9 Å². The highest BCUT2D eigenvalue weighted by Crippen LogP contribution is 1.97. The SMILES string of the molecule is C=C(N)NC(=O)c1ccccc1. The van der Waals surface area contributed by atoms with Gasteiger partial charge in [-0.2, -0.15) is 0 Å². The zero-order valence-corrected chi connectivity index (χ0v) is 6.58. The molecule has 0 atom stereocenters. The van der Waals surface area contributed by atoms with Crippen molar-refractivity contribution in [2.75, 3.05) is 0 Å². The lowest BCUT2D eigenvalue weighted by atomic mass is 10.2. The summed E-state index contributed by atoms with van der Waals surface area (Å²) in [7, 11) is 0. The van der Waals surface area contributed by atoms with Gasteiger partial charge in [0.2, 0.25) is 0 Å². The summed E-state index contributed by atoms with van der Waals surface area (Å²) in [6, 6.07) is 8.83. The summed E-state index contributed by atoms with van der Waals surface area (Å²) >= 11 is 0. The van der Waals surface area contributed by atoms with Crippen LogP contribution in [-0.2, 0) is 0 Å². The fraction of sp³-hybridized carbons (Fsp3) is 0. The number of nitrogens with one attached hydrogen (secondary N) is 1. The van der Waals surface area contributed by atoms with Gasteiger partial charge in [0.25, 0.3) is 5.91 Å². The predicted molar refractivity (Wildman–Crippen MR) is 47.2 cm³/mol. The number of benzene rings is 1. The van der Waals surface area contributed by atoms with E-state index < -0.39 is 0 Å². The van der Waals surface area contributed by atoms with E-state index in [9.17, 15) is 4.79 Å². The largest absolute Gasteiger partial charge is 0.386 e. The van der Waals surface area contributed by atoms with E-state index in [0.29, 0.717) is 5.56 Å². The van der Waals surface area contributed by atoms with Crippen LogP contribution < -0.4 is 11.1 Å². The Hall–Kier alpha value is -1.77. The van der Waals surface area contributed by atoms with Crippen molar-refractivity contribution in [3.05, 3.63) is 48.3 Å². The van der Waals surface area contributed by atoms with Crippen LogP contribution in [0.3, 0.4) is 0 Å². The van der Waals surface area contributed by atoms with E-state index >= 15 is 0 Å². The maximum Gasteiger partial charge on any atom is 0.256 e. The molecule has 0 radical (unpaired) electrons. The number of nitrogens with two attached hydrogens (primary N) is 1. The summed E-state index contributed by atoms with van der Waals surface area (Å²) in [5, 5.41) is 2.40. The van der Waals surface area contributed by atoms with Gasteiger partial charge in [-0.3, -0.25) is 4.79 Å². The lowest BCUT2D eigenvalue weighted by molar-refractivity contribution is 0.0965. The van der Waals surface area contributed by atoms with Gasteiger partial charge in [-0.1, -0.05) is 24.8 Å². The average Bonchev–Trinajstić information content (AvgIpc) is 2.05. The molecule has 0 saturated heterocycles. The van der Waals surface area contributed by atoms with Crippen LogP contribution in [0.4, 0.5) is 0 Å². The van der Waals surface area contributed by atoms with Crippen molar-refractivity contribution < 1.29 is 4.79 Å². The van der Waals surface area contributed by atoms with Gasteiger partial charge >= 0.3 is 0 Å². The van der Waals surface area contributed by atoms with E-state index in [1.165, 1.54) is 0 Å². The molecule has 12 heavy (non-hydrogen) atoms. The van der Waals surface area contributed by atoms with E-state index in [1.54, 1.807) is 24.3 Å². The third-order valence-corrected chi connectivity index (χ3v) is 1.31. The molecule has 0 saturated carbocycles. The van der Waals surface area contributed by atoms with E-state index in [1.807, 2.05) is 6.07 Å². The van der Waals surface area contributed by atoms with Crippen molar-refractivity contribution in [3.63, 3.8) is 0 Å². The second kappa shape index (κ2) is 3.57. The molecule has 1 aromatic carbocycles. The molecule has 0 aromatic heterocycles. The van der Waals surface area contributed by atoms with Gasteiger partial charge in [0.1, 0.15) is 0 Å². The minimum Gasteiger partial charge on any atom is -0.386 e. The number of hydrogen-bond donors (Lipinski definition) is 2. The lowest BCUT2D eigenvalue weighted by Gasteiger charge is -2.02. The maximum atomic E-state index is 11.2. The molecule has 0 aliphatic heterocycles. The first-order chi connectivity index (χ1) is 5.70. The molecule has 0 fully saturated rings. The van der Waals surface area contributed by atoms with Crippen molar-refractivity contribution in [2.45, 2.75) is 0 Å². The Morgan fingerprint density at radius 1 is 1.33 bits per heavy atom. The van der Waals surface area contributed by atoms with Gasteiger partial charge < -0.3 is 11.1 Å². The summed E-state index contributed by atoms with van der Waals surface area (Å²) in [6.45, 7) is 3.37. The zero-order chi connectivity index (χ0) is 8.97. The summed E-state index contributed by atoms with van der Waals surface area (Å²) in [4.78, 5) is 11.2. The van der Waals surface area contributed by atoms with Gasteiger partial charge in [0.05, 0.1) is 5.82 Å². The maximum absolute atomic E-state index is 11.2. The van der Waals surface area contributed by atoms with E-state index in [-0.39, 0.29) is 11.7 Å². The minimum atomic E-state index is -0.233. The smallest absolute Gasteiger partial charge is 0.256 e. The molecule has 3 nitrogen and oxygen atoms in total. The number of carbonyl (C=O) groups excluding carboxylic acids is 1. The Kier molecular flexibility index (Phi) is 2.48. The van der Waals surface area contributed by atoms with Gasteiger partial charge in [-0.15, -0.1) is 0 Å². The third-order valence-electron chi connectivity index (χ3n) is 1.31. The molecule has 62 valence electrons. The quantitative estimate of drug-likeness (QED) is 0.677. The molecule has 0 unspecified atom stereocenters. The fourth-order valence-corrected chi connectivity index (χ4v) is 0.808. The second-order valence-electron chi connectivity index (χ2n) is 2.35. The van der Waals surface area contributed by atoms with Crippen LogP contribution in [0.5, 0.6) is 0 Å². The molecule has 1 aromatic rings. The van der Waals surface area contributed by atoms with Gasteiger partial charge in [-0.25, -0.2) is 0 Å². The van der Waals surface area contributed by atoms with Gasteiger partial charge in [-0.05, 0) is 12.1 Å². The summed E-state index contributed by atoms with van der Waals surface area (Å²) in [6.07, 6.45) is 0. The van der Waals surface area contributed by atoms with Gasteiger partial charge in [0, 0.05) is 5.56 Å². The number of amides is 1.